The van der Waals surface area contributed by atoms with E-state index >= 15 is 0 Å². The van der Waals surface area contributed by atoms with Crippen LogP contribution in [-0.2, 0) is 6.42 Å². The highest BCUT2D eigenvalue weighted by molar-refractivity contribution is 5.37. The van der Waals surface area contributed by atoms with Gasteiger partial charge in [-0.05, 0) is 30.5 Å². The summed E-state index contributed by atoms with van der Waals surface area (Å²) in [7, 11) is 1.67. The summed E-state index contributed by atoms with van der Waals surface area (Å²) in [6, 6.07) is 8.03. The molecule has 6 nitrogen and oxygen atoms in total. The Morgan fingerprint density at radius 3 is 2.62 bits per heavy atom. The Morgan fingerprint density at radius 1 is 1.10 bits per heavy atom. The predicted octanol–water partition coefficient (Wildman–Crippen LogP) is 2.36. The summed E-state index contributed by atoms with van der Waals surface area (Å²) in [6.07, 6.45) is 3.56. The zero-order valence-corrected chi connectivity index (χ0v) is 12.5. The summed E-state index contributed by atoms with van der Waals surface area (Å²) >= 11 is 0. The first-order valence-corrected chi connectivity index (χ1v) is 7.12. The van der Waals surface area contributed by atoms with Crippen LogP contribution < -0.4 is 15.4 Å². The van der Waals surface area contributed by atoms with E-state index in [1.165, 1.54) is 5.56 Å². The van der Waals surface area contributed by atoms with E-state index in [4.69, 9.17) is 4.74 Å². The lowest BCUT2D eigenvalue weighted by atomic mass is 10.1. The fraction of sp³-hybridized carbons (Fsp3) is 0.400. The highest BCUT2D eigenvalue weighted by Gasteiger charge is 2.00. The van der Waals surface area contributed by atoms with Crippen molar-refractivity contribution in [1.29, 1.82) is 0 Å². The van der Waals surface area contributed by atoms with Crippen LogP contribution in [0, 0.1) is 0 Å². The summed E-state index contributed by atoms with van der Waals surface area (Å²) in [4.78, 5) is 4.35. The molecule has 0 saturated heterocycles. The summed E-state index contributed by atoms with van der Waals surface area (Å²) in [5, 5.41) is 14.3. The van der Waals surface area contributed by atoms with E-state index in [-0.39, 0.29) is 0 Å². The number of aromatic nitrogens is 3. The normalized spacial score (nSPS) is 10.2. The maximum Gasteiger partial charge on any atom is 0.244 e. The van der Waals surface area contributed by atoms with E-state index in [1.807, 2.05) is 12.1 Å². The van der Waals surface area contributed by atoms with Crippen LogP contribution in [-0.4, -0.2) is 35.4 Å². The molecule has 0 atom stereocenters. The fourth-order valence-corrected chi connectivity index (χ4v) is 1.83. The number of benzene rings is 1. The first kappa shape index (κ1) is 15.0. The number of hydrogen-bond acceptors (Lipinski definition) is 6. The fourth-order valence-electron chi connectivity index (χ4n) is 1.83. The molecule has 2 rings (SSSR count). The van der Waals surface area contributed by atoms with E-state index in [2.05, 4.69) is 44.9 Å². The molecule has 0 spiro atoms. The number of nitrogens with one attached hydrogen (secondary N) is 2. The molecule has 0 unspecified atom stereocenters. The maximum absolute atomic E-state index is 5.14. The Morgan fingerprint density at radius 2 is 1.90 bits per heavy atom. The van der Waals surface area contributed by atoms with Crippen LogP contribution in [0.2, 0.25) is 0 Å². The average Bonchev–Trinajstić information content (AvgIpc) is 2.54. The molecule has 0 radical (unpaired) electrons. The minimum absolute atomic E-state index is 0.546. The summed E-state index contributed by atoms with van der Waals surface area (Å²) < 4.78 is 5.14. The molecule has 0 bridgehead atoms. The topological polar surface area (TPSA) is 72.0 Å². The van der Waals surface area contributed by atoms with E-state index in [0.717, 1.165) is 37.5 Å². The van der Waals surface area contributed by atoms with Crippen molar-refractivity contribution in [3.8, 4) is 5.75 Å². The van der Waals surface area contributed by atoms with Crippen molar-refractivity contribution in [3.05, 3.63) is 36.0 Å². The molecule has 0 amide bonds. The van der Waals surface area contributed by atoms with Crippen LogP contribution >= 0.6 is 0 Å². The first-order chi connectivity index (χ1) is 10.3. The van der Waals surface area contributed by atoms with Gasteiger partial charge in [0.05, 0.1) is 13.3 Å². The van der Waals surface area contributed by atoms with Crippen LogP contribution in [0.15, 0.2) is 30.5 Å². The lowest BCUT2D eigenvalue weighted by Crippen LogP contribution is -2.11. The molecule has 1 aromatic heterocycles. The molecular formula is C15H21N5O. The predicted molar refractivity (Wildman–Crippen MR) is 83.8 cm³/mol. The molecule has 2 aromatic rings. The standard InChI is InChI=1S/C15H21N5O/c1-3-9-16-14-11-18-20-15(19-14)17-10-8-12-4-6-13(21-2)7-5-12/h4-7,11H,3,8-10H2,1-2H3,(H2,16,17,19,20). The van der Waals surface area contributed by atoms with Crippen LogP contribution in [0.3, 0.4) is 0 Å². The minimum Gasteiger partial charge on any atom is -0.497 e. The molecule has 0 aliphatic rings. The van der Waals surface area contributed by atoms with Gasteiger partial charge in [0.25, 0.3) is 0 Å². The third kappa shape index (κ3) is 4.91. The third-order valence-corrected chi connectivity index (χ3v) is 2.97. The van der Waals surface area contributed by atoms with Gasteiger partial charge in [0.1, 0.15) is 11.6 Å². The molecule has 21 heavy (non-hydrogen) atoms. The molecule has 0 saturated carbocycles. The summed E-state index contributed by atoms with van der Waals surface area (Å²) in [5.41, 5.74) is 1.23. The lowest BCUT2D eigenvalue weighted by Gasteiger charge is -2.07. The number of rotatable bonds is 8. The van der Waals surface area contributed by atoms with E-state index in [1.54, 1.807) is 13.3 Å². The zero-order valence-electron chi connectivity index (χ0n) is 12.5. The second-order valence-electron chi connectivity index (χ2n) is 4.62. The maximum atomic E-state index is 5.14. The molecule has 1 aromatic carbocycles. The van der Waals surface area contributed by atoms with Gasteiger partial charge in [-0.25, -0.2) is 0 Å². The van der Waals surface area contributed by atoms with Gasteiger partial charge in [-0.1, -0.05) is 19.1 Å². The molecule has 0 fully saturated rings. The Bertz CT molecular complexity index is 544. The largest absolute Gasteiger partial charge is 0.497 e. The molecule has 6 heteroatoms. The number of anilines is 2. The van der Waals surface area contributed by atoms with Gasteiger partial charge in [0.15, 0.2) is 0 Å². The van der Waals surface area contributed by atoms with Gasteiger partial charge in [-0.2, -0.15) is 10.1 Å². The van der Waals surface area contributed by atoms with E-state index in [9.17, 15) is 0 Å². The van der Waals surface area contributed by atoms with Crippen molar-refractivity contribution < 1.29 is 4.74 Å². The summed E-state index contributed by atoms with van der Waals surface area (Å²) in [5.74, 6) is 2.16. The molecule has 1 heterocycles. The van der Waals surface area contributed by atoms with Crippen molar-refractivity contribution in [2.75, 3.05) is 30.8 Å². The Kier molecular flexibility index (Phi) is 5.75. The third-order valence-electron chi connectivity index (χ3n) is 2.97. The monoisotopic (exact) mass is 287 g/mol. The van der Waals surface area contributed by atoms with Gasteiger partial charge in [0, 0.05) is 13.1 Å². The molecule has 2 N–H and O–H groups in total. The zero-order chi connectivity index (χ0) is 14.9. The highest BCUT2D eigenvalue weighted by atomic mass is 16.5. The number of ether oxygens (including phenoxy) is 1. The van der Waals surface area contributed by atoms with Crippen molar-refractivity contribution >= 4 is 11.8 Å². The van der Waals surface area contributed by atoms with Crippen molar-refractivity contribution in [2.45, 2.75) is 19.8 Å². The molecule has 0 aliphatic heterocycles. The van der Waals surface area contributed by atoms with Crippen LogP contribution in [0.1, 0.15) is 18.9 Å². The SMILES string of the molecule is CCCNc1cnnc(NCCc2ccc(OC)cc2)n1. The molecular weight excluding hydrogens is 266 g/mol. The van der Waals surface area contributed by atoms with Gasteiger partial charge in [0.2, 0.25) is 5.95 Å². The molecule has 112 valence electrons. The minimum atomic E-state index is 0.546. The van der Waals surface area contributed by atoms with Crippen LogP contribution in [0.25, 0.3) is 0 Å². The van der Waals surface area contributed by atoms with Gasteiger partial charge >= 0.3 is 0 Å². The number of nitrogens with zero attached hydrogens (tertiary/aromatic N) is 3. The summed E-state index contributed by atoms with van der Waals surface area (Å²) in [6.45, 7) is 3.74. The van der Waals surface area contributed by atoms with Crippen molar-refractivity contribution in [1.82, 2.24) is 15.2 Å². The Labute approximate surface area is 125 Å². The second-order valence-corrected chi connectivity index (χ2v) is 4.62. The lowest BCUT2D eigenvalue weighted by molar-refractivity contribution is 0.414. The first-order valence-electron chi connectivity index (χ1n) is 7.12. The van der Waals surface area contributed by atoms with E-state index < -0.39 is 0 Å². The van der Waals surface area contributed by atoms with Crippen molar-refractivity contribution in [2.24, 2.45) is 0 Å². The Hall–Kier alpha value is -2.37. The highest BCUT2D eigenvalue weighted by Crippen LogP contribution is 2.11. The van der Waals surface area contributed by atoms with Crippen molar-refractivity contribution in [3.63, 3.8) is 0 Å². The van der Waals surface area contributed by atoms with Crippen LogP contribution in [0.5, 0.6) is 5.75 Å². The molecule has 0 aliphatic carbocycles. The van der Waals surface area contributed by atoms with Crippen LogP contribution in [0.4, 0.5) is 11.8 Å². The number of hydrogen-bond donors (Lipinski definition) is 2. The average molecular weight is 287 g/mol. The van der Waals surface area contributed by atoms with Gasteiger partial charge < -0.3 is 15.4 Å². The van der Waals surface area contributed by atoms with Gasteiger partial charge in [-0.3, -0.25) is 0 Å². The smallest absolute Gasteiger partial charge is 0.244 e. The quantitative estimate of drug-likeness (QED) is 0.776. The number of methoxy groups -OCH3 is 1. The Balaban J connectivity index is 1.82. The van der Waals surface area contributed by atoms with Gasteiger partial charge in [-0.15, -0.1) is 5.10 Å². The second kappa shape index (κ2) is 8.04. The van der Waals surface area contributed by atoms with E-state index in [0.29, 0.717) is 5.95 Å².